The Bertz CT molecular complexity index is 343. The summed E-state index contributed by atoms with van der Waals surface area (Å²) in [7, 11) is 0. The largest absolute Gasteiger partial charge is 0.502 e. The van der Waals surface area contributed by atoms with Gasteiger partial charge in [0.05, 0.1) is 31.8 Å². The Kier molecular flexibility index (Phi) is 39.7. The Labute approximate surface area is 194 Å². The lowest BCUT2D eigenvalue weighted by Gasteiger charge is -2.23. The predicted molar refractivity (Wildman–Crippen MR) is 133 cm³/mol. The van der Waals surface area contributed by atoms with Crippen LogP contribution >= 0.6 is 48.9 Å². The average Bonchev–Trinajstić information content (AvgIpc) is 2.71. The molecule has 0 bridgehead atoms. The summed E-state index contributed by atoms with van der Waals surface area (Å²) in [5.74, 6) is 0. The molecule has 0 atom stereocenters. The van der Waals surface area contributed by atoms with Gasteiger partial charge in [0.2, 0.25) is 0 Å². The van der Waals surface area contributed by atoms with Crippen molar-refractivity contribution in [3.8, 4) is 0 Å². The Morgan fingerprint density at radius 3 is 0.586 bits per heavy atom. The van der Waals surface area contributed by atoms with Crippen LogP contribution in [0.15, 0.2) is 0 Å². The van der Waals surface area contributed by atoms with Crippen LogP contribution in [0.1, 0.15) is 53.4 Å². The number of aliphatic hydroxyl groups excluding tert-OH is 8. The van der Waals surface area contributed by atoms with Crippen LogP contribution in [0.4, 0.5) is 0 Å². The highest BCUT2D eigenvalue weighted by molar-refractivity contribution is 7.80. The van der Waals surface area contributed by atoms with Gasteiger partial charge >= 0.3 is 0 Å². The maximum atomic E-state index is 8.50. The van der Waals surface area contributed by atoms with Gasteiger partial charge in [-0.3, -0.25) is 0 Å². The lowest BCUT2D eigenvalue weighted by Crippen LogP contribution is -2.37. The lowest BCUT2D eigenvalue weighted by atomic mass is 9.93. The van der Waals surface area contributed by atoms with Gasteiger partial charge in [-0.05, 0) is 48.9 Å². The van der Waals surface area contributed by atoms with Crippen molar-refractivity contribution in [2.24, 2.45) is 5.41 Å². The van der Waals surface area contributed by atoms with E-state index in [1.165, 1.54) is 0 Å². The Hall–Kier alpha value is -0.600. The first-order valence-electron chi connectivity index (χ1n) is 8.63. The summed E-state index contributed by atoms with van der Waals surface area (Å²) in [5, 5.41) is 66.7. The van der Waals surface area contributed by atoms with E-state index in [1.807, 2.05) is 27.7 Å². The van der Waals surface area contributed by atoms with Crippen LogP contribution in [0, 0.1) is 5.41 Å². The highest BCUT2D eigenvalue weighted by Gasteiger charge is 2.26. The van der Waals surface area contributed by atoms with E-state index in [1.54, 1.807) is 0 Å². The highest BCUT2D eigenvalue weighted by Crippen LogP contribution is 2.11. The summed E-state index contributed by atoms with van der Waals surface area (Å²) in [6, 6.07) is 0. The van der Waals surface area contributed by atoms with Gasteiger partial charge in [-0.2, -0.15) is 0 Å². The van der Waals surface area contributed by atoms with E-state index in [0.29, 0.717) is 25.7 Å². The molecule has 8 N–H and O–H groups in total. The standard InChI is InChI=1S/C5H12O4.4C3H6OS/c6-1-5(2-7,3-8)4-9;4*1-2-3(4)5/h6-9H,1-4H2;4*2H2,1H3,(H,4,5). The molecule has 0 radical (unpaired) electrons. The minimum atomic E-state index is -1.11. The molecule has 0 aliphatic rings. The highest BCUT2D eigenvalue weighted by atomic mass is 32.1. The molecule has 0 heterocycles. The zero-order valence-corrected chi connectivity index (χ0v) is 20.6. The molecule has 0 aromatic rings. The van der Waals surface area contributed by atoms with Crippen molar-refractivity contribution in [3.63, 3.8) is 0 Å². The molecule has 0 saturated heterocycles. The summed E-state index contributed by atoms with van der Waals surface area (Å²) >= 11 is 17.0. The van der Waals surface area contributed by atoms with Crippen LogP contribution < -0.4 is 0 Å². The molecule has 0 amide bonds. The molecule has 0 rings (SSSR count). The van der Waals surface area contributed by atoms with E-state index in [9.17, 15) is 0 Å². The normalized spacial score (nSPS) is 8.83. The minimum absolute atomic E-state index is 0.0880. The van der Waals surface area contributed by atoms with Crippen molar-refractivity contribution in [1.82, 2.24) is 0 Å². The third-order valence-electron chi connectivity index (χ3n) is 2.55. The van der Waals surface area contributed by atoms with Crippen molar-refractivity contribution < 1.29 is 40.9 Å². The van der Waals surface area contributed by atoms with Crippen molar-refractivity contribution in [2.45, 2.75) is 53.4 Å². The van der Waals surface area contributed by atoms with Crippen molar-refractivity contribution in [1.29, 1.82) is 0 Å². The summed E-state index contributed by atoms with van der Waals surface area (Å²) in [6.45, 7) is 5.61. The Morgan fingerprint density at radius 1 is 0.483 bits per heavy atom. The second-order valence-electron chi connectivity index (χ2n) is 5.12. The molecule has 29 heavy (non-hydrogen) atoms. The fraction of sp³-hybridized carbons (Fsp3) is 0.765. The SMILES string of the molecule is CCC(O)=S.CCC(O)=S.CCC(O)=S.CCC(O)=S.OCC(CO)(CO)CO. The molecule has 0 saturated carbocycles. The zero-order valence-electron chi connectivity index (χ0n) is 17.4. The molecule has 176 valence electrons. The first-order valence-corrected chi connectivity index (χ1v) is 10.3. The molecule has 0 fully saturated rings. The molecule has 0 spiro atoms. The van der Waals surface area contributed by atoms with Crippen molar-refractivity contribution in [3.05, 3.63) is 0 Å². The van der Waals surface area contributed by atoms with Crippen molar-refractivity contribution >= 4 is 69.1 Å². The topological polar surface area (TPSA) is 162 Å². The van der Waals surface area contributed by atoms with E-state index in [-0.39, 0.29) is 20.2 Å². The molecule has 0 unspecified atom stereocenters. The maximum absolute atomic E-state index is 8.50. The van der Waals surface area contributed by atoms with Crippen LogP contribution in [0.3, 0.4) is 0 Å². The van der Waals surface area contributed by atoms with Gasteiger partial charge < -0.3 is 40.9 Å². The third-order valence-corrected chi connectivity index (χ3v) is 3.71. The van der Waals surface area contributed by atoms with Gasteiger partial charge in [0, 0.05) is 25.7 Å². The molecule has 0 aliphatic carbocycles. The molecule has 0 aromatic carbocycles. The van der Waals surface area contributed by atoms with Crippen LogP contribution in [-0.4, -0.2) is 87.5 Å². The summed E-state index contributed by atoms with van der Waals surface area (Å²) in [4.78, 5) is 0. The van der Waals surface area contributed by atoms with Gasteiger partial charge in [-0.25, -0.2) is 0 Å². The lowest BCUT2D eigenvalue weighted by molar-refractivity contribution is -0.0328. The number of rotatable bonds is 8. The van der Waals surface area contributed by atoms with Crippen LogP contribution in [0.5, 0.6) is 0 Å². The van der Waals surface area contributed by atoms with E-state index >= 15 is 0 Å². The van der Waals surface area contributed by atoms with Crippen LogP contribution in [0.2, 0.25) is 0 Å². The molecular weight excluding hydrogens is 460 g/mol. The number of aliphatic hydroxyl groups is 8. The number of thiocarbonyl (C=S) groups is 4. The van der Waals surface area contributed by atoms with Gasteiger partial charge in [0.15, 0.2) is 20.2 Å². The van der Waals surface area contributed by atoms with E-state index in [4.69, 9.17) is 40.9 Å². The first kappa shape index (κ1) is 38.9. The van der Waals surface area contributed by atoms with Crippen LogP contribution in [-0.2, 0) is 0 Å². The third kappa shape index (κ3) is 47.0. The second-order valence-corrected chi connectivity index (χ2v) is 7.01. The molecule has 0 aromatic heterocycles. The van der Waals surface area contributed by atoms with Gasteiger partial charge in [-0.15, -0.1) is 0 Å². The maximum Gasteiger partial charge on any atom is 0.156 e. The Balaban J connectivity index is -0.0000000853. The zero-order chi connectivity index (χ0) is 24.5. The molecule has 0 aliphatic heterocycles. The van der Waals surface area contributed by atoms with E-state index in [0.717, 1.165) is 0 Å². The average molecular weight is 497 g/mol. The number of hydrogen-bond donors (Lipinski definition) is 8. The quantitative estimate of drug-likeness (QED) is 0.232. The molecular formula is C17H36O8S4. The fourth-order valence-corrected chi connectivity index (χ4v) is 0.300. The monoisotopic (exact) mass is 496 g/mol. The van der Waals surface area contributed by atoms with E-state index < -0.39 is 31.8 Å². The number of hydrogen-bond acceptors (Lipinski definition) is 8. The predicted octanol–water partition coefficient (Wildman–Crippen LogP) is 3.07. The first-order chi connectivity index (χ1) is 13.3. The summed E-state index contributed by atoms with van der Waals surface area (Å²) in [5.41, 5.74) is -1.11. The van der Waals surface area contributed by atoms with Gasteiger partial charge in [0.25, 0.3) is 0 Å². The van der Waals surface area contributed by atoms with E-state index in [2.05, 4.69) is 48.9 Å². The van der Waals surface area contributed by atoms with Gasteiger partial charge in [0.1, 0.15) is 0 Å². The summed E-state index contributed by atoms with van der Waals surface area (Å²) < 4.78 is 0. The summed E-state index contributed by atoms with van der Waals surface area (Å²) in [6.07, 6.45) is 2.37. The second kappa shape index (κ2) is 29.6. The molecule has 8 nitrogen and oxygen atoms in total. The minimum Gasteiger partial charge on any atom is -0.502 e. The van der Waals surface area contributed by atoms with Gasteiger partial charge in [-0.1, -0.05) is 27.7 Å². The van der Waals surface area contributed by atoms with Crippen molar-refractivity contribution in [2.75, 3.05) is 26.4 Å². The Morgan fingerprint density at radius 2 is 0.586 bits per heavy atom. The smallest absolute Gasteiger partial charge is 0.156 e. The molecule has 12 heteroatoms. The fourth-order valence-electron chi connectivity index (χ4n) is 0.300. The van der Waals surface area contributed by atoms with Crippen LogP contribution in [0.25, 0.3) is 0 Å².